The Kier molecular flexibility index (Phi) is 7.38. The van der Waals surface area contributed by atoms with Gasteiger partial charge in [0.1, 0.15) is 5.75 Å². The fourth-order valence-electron chi connectivity index (χ4n) is 5.59. The molecule has 0 spiro atoms. The number of hydrogen-bond donors (Lipinski definition) is 1. The highest BCUT2D eigenvalue weighted by atomic mass is 32.1. The quantitative estimate of drug-likeness (QED) is 0.264. The van der Waals surface area contributed by atoms with Gasteiger partial charge in [-0.05, 0) is 100 Å². The van der Waals surface area contributed by atoms with Crippen LogP contribution in [-0.4, -0.2) is 34.9 Å². The third-order valence-electron chi connectivity index (χ3n) is 7.46. The molecule has 38 heavy (non-hydrogen) atoms. The Morgan fingerprint density at radius 2 is 1.71 bits per heavy atom. The molecule has 1 fully saturated rings. The Hall–Kier alpha value is -3.84. The highest BCUT2D eigenvalue weighted by Crippen LogP contribution is 2.44. The normalized spacial score (nSPS) is 17.0. The van der Waals surface area contributed by atoms with Crippen LogP contribution in [0.5, 0.6) is 5.75 Å². The molecule has 0 bridgehead atoms. The number of pyridine rings is 1. The Labute approximate surface area is 230 Å². The lowest BCUT2D eigenvalue weighted by Gasteiger charge is -2.28. The highest BCUT2D eigenvalue weighted by Gasteiger charge is 2.42. The van der Waals surface area contributed by atoms with Crippen LogP contribution in [0.2, 0.25) is 0 Å². The lowest BCUT2D eigenvalue weighted by Crippen LogP contribution is -2.29. The van der Waals surface area contributed by atoms with Crippen molar-refractivity contribution < 1.29 is 4.74 Å². The van der Waals surface area contributed by atoms with Crippen molar-refractivity contribution in [1.29, 1.82) is 0 Å². The number of rotatable bonds is 8. The zero-order valence-corrected chi connectivity index (χ0v) is 23.5. The van der Waals surface area contributed by atoms with Crippen LogP contribution in [0.4, 0.5) is 11.4 Å². The van der Waals surface area contributed by atoms with E-state index in [1.54, 1.807) is 7.11 Å². The molecule has 1 saturated heterocycles. The number of hydrogen-bond acceptors (Lipinski definition) is 4. The summed E-state index contributed by atoms with van der Waals surface area (Å²) >= 11 is 5.93. The molecule has 3 heterocycles. The van der Waals surface area contributed by atoms with Gasteiger partial charge in [0.05, 0.1) is 24.9 Å². The Bertz CT molecular complexity index is 1410. The number of aryl methyl sites for hydroxylation is 1. The lowest BCUT2D eigenvalue weighted by atomic mass is 9.96. The van der Waals surface area contributed by atoms with E-state index in [4.69, 9.17) is 21.9 Å². The zero-order valence-electron chi connectivity index (χ0n) is 22.7. The molecule has 0 aliphatic carbocycles. The average Bonchev–Trinajstić information content (AvgIpc) is 3.45. The summed E-state index contributed by atoms with van der Waals surface area (Å²) in [4.78, 5) is 9.27. The van der Waals surface area contributed by atoms with Gasteiger partial charge >= 0.3 is 0 Å². The molecule has 0 amide bonds. The van der Waals surface area contributed by atoms with Gasteiger partial charge in [0.15, 0.2) is 5.11 Å². The highest BCUT2D eigenvalue weighted by molar-refractivity contribution is 7.80. The van der Waals surface area contributed by atoms with Crippen molar-refractivity contribution in [3.05, 3.63) is 102 Å². The summed E-state index contributed by atoms with van der Waals surface area (Å²) in [5, 5.41) is 4.25. The number of anilines is 2. The summed E-state index contributed by atoms with van der Waals surface area (Å²) in [5.74, 6) is 0.795. The topological polar surface area (TPSA) is 45.6 Å². The minimum Gasteiger partial charge on any atom is -0.497 e. The minimum absolute atomic E-state index is 0.0839. The van der Waals surface area contributed by atoms with E-state index in [0.717, 1.165) is 35.9 Å². The lowest BCUT2D eigenvalue weighted by molar-refractivity contribution is 0.415. The smallest absolute Gasteiger partial charge is 0.174 e. The third kappa shape index (κ3) is 4.63. The molecule has 2 aromatic heterocycles. The molecular formula is C31H35N5OS. The van der Waals surface area contributed by atoms with E-state index in [1.165, 1.54) is 22.6 Å². The number of thiocarbonyl (C=S) groups is 1. The monoisotopic (exact) mass is 525 g/mol. The van der Waals surface area contributed by atoms with Crippen molar-refractivity contribution in [1.82, 2.24) is 14.9 Å². The molecule has 7 heteroatoms. The number of methoxy groups -OCH3 is 1. The molecule has 6 nitrogen and oxygen atoms in total. The molecule has 2 unspecified atom stereocenters. The van der Waals surface area contributed by atoms with Crippen LogP contribution in [-0.2, 0) is 0 Å². The van der Waals surface area contributed by atoms with E-state index in [0.29, 0.717) is 5.11 Å². The fraction of sp³-hybridized carbons (Fsp3) is 0.290. The molecule has 1 N–H and O–H groups in total. The SMILES string of the molecule is CCN(CC)c1ccc(-n2c(C)cc(C3C(c4ccccn4)NC(=S)N3c3cccc(OC)c3)c2C)cc1. The second-order valence-electron chi connectivity index (χ2n) is 9.55. The molecule has 2 atom stereocenters. The van der Waals surface area contributed by atoms with Gasteiger partial charge in [-0.25, -0.2) is 0 Å². The number of nitrogens with one attached hydrogen (secondary N) is 1. The molecule has 1 aliphatic heterocycles. The van der Waals surface area contributed by atoms with Crippen LogP contribution >= 0.6 is 12.2 Å². The van der Waals surface area contributed by atoms with Gasteiger partial charge in [-0.15, -0.1) is 0 Å². The summed E-state index contributed by atoms with van der Waals surface area (Å²) in [7, 11) is 1.69. The Balaban J connectivity index is 1.61. The maximum absolute atomic E-state index is 5.93. The first kappa shape index (κ1) is 25.8. The van der Waals surface area contributed by atoms with Crippen molar-refractivity contribution in [2.24, 2.45) is 0 Å². The van der Waals surface area contributed by atoms with Crippen LogP contribution in [0.25, 0.3) is 5.69 Å². The van der Waals surface area contributed by atoms with Crippen LogP contribution in [0.3, 0.4) is 0 Å². The predicted molar refractivity (Wildman–Crippen MR) is 160 cm³/mol. The summed E-state index contributed by atoms with van der Waals surface area (Å²) in [6.45, 7) is 10.7. The van der Waals surface area contributed by atoms with E-state index in [2.05, 4.69) is 89.8 Å². The van der Waals surface area contributed by atoms with Gasteiger partial charge < -0.3 is 24.4 Å². The van der Waals surface area contributed by atoms with E-state index in [9.17, 15) is 0 Å². The van der Waals surface area contributed by atoms with Gasteiger partial charge in [0, 0.05) is 53.8 Å². The van der Waals surface area contributed by atoms with Crippen molar-refractivity contribution in [3.8, 4) is 11.4 Å². The number of nitrogens with zero attached hydrogens (tertiary/aromatic N) is 4. The van der Waals surface area contributed by atoms with Crippen LogP contribution < -0.4 is 19.9 Å². The van der Waals surface area contributed by atoms with Gasteiger partial charge in [0.2, 0.25) is 0 Å². The second-order valence-corrected chi connectivity index (χ2v) is 9.94. The molecule has 0 saturated carbocycles. The minimum atomic E-state index is -0.103. The van der Waals surface area contributed by atoms with E-state index < -0.39 is 0 Å². The molecule has 5 rings (SSSR count). The van der Waals surface area contributed by atoms with Crippen molar-refractivity contribution in [2.75, 3.05) is 30.0 Å². The summed E-state index contributed by atoms with van der Waals surface area (Å²) in [5.41, 5.74) is 7.90. The molecule has 4 aromatic rings. The fourth-order valence-corrected chi connectivity index (χ4v) is 5.94. The van der Waals surface area contributed by atoms with E-state index in [1.807, 2.05) is 36.5 Å². The predicted octanol–water partition coefficient (Wildman–Crippen LogP) is 6.52. The Morgan fingerprint density at radius 1 is 0.947 bits per heavy atom. The maximum atomic E-state index is 5.93. The standard InChI is InChI=1S/C31H35N5OS/c1-6-34(7-2)23-14-16-24(17-15-23)35-21(3)19-27(22(35)4)30-29(28-13-8-9-18-32-28)33-31(38)36(30)25-11-10-12-26(20-25)37-5/h8-20,29-30H,6-7H2,1-5H3,(H,33,38). The first-order valence-electron chi connectivity index (χ1n) is 13.2. The number of ether oxygens (including phenoxy) is 1. The summed E-state index contributed by atoms with van der Waals surface area (Å²) in [6, 6.07) is 25.1. The van der Waals surface area contributed by atoms with Gasteiger partial charge in [0.25, 0.3) is 0 Å². The average molecular weight is 526 g/mol. The molecule has 1 aliphatic rings. The van der Waals surface area contributed by atoms with Crippen molar-refractivity contribution in [2.45, 2.75) is 39.8 Å². The molecular weight excluding hydrogens is 490 g/mol. The molecule has 0 radical (unpaired) electrons. The summed E-state index contributed by atoms with van der Waals surface area (Å²) in [6.07, 6.45) is 1.84. The molecule has 196 valence electrons. The first-order chi connectivity index (χ1) is 18.5. The number of aromatic nitrogens is 2. The largest absolute Gasteiger partial charge is 0.497 e. The molecule has 2 aromatic carbocycles. The summed E-state index contributed by atoms with van der Waals surface area (Å²) < 4.78 is 7.87. The second kappa shape index (κ2) is 10.9. The van der Waals surface area contributed by atoms with Crippen LogP contribution in [0.1, 0.15) is 48.6 Å². The van der Waals surface area contributed by atoms with Crippen LogP contribution in [0.15, 0.2) is 79.0 Å². The third-order valence-corrected chi connectivity index (χ3v) is 7.77. The van der Waals surface area contributed by atoms with E-state index in [-0.39, 0.29) is 12.1 Å². The van der Waals surface area contributed by atoms with E-state index >= 15 is 0 Å². The van der Waals surface area contributed by atoms with Crippen LogP contribution in [0, 0.1) is 13.8 Å². The first-order valence-corrected chi connectivity index (χ1v) is 13.6. The van der Waals surface area contributed by atoms with Gasteiger partial charge in [-0.3, -0.25) is 4.98 Å². The van der Waals surface area contributed by atoms with Gasteiger partial charge in [-0.2, -0.15) is 0 Å². The van der Waals surface area contributed by atoms with Crippen molar-refractivity contribution in [3.63, 3.8) is 0 Å². The van der Waals surface area contributed by atoms with Gasteiger partial charge in [-0.1, -0.05) is 12.1 Å². The number of benzene rings is 2. The maximum Gasteiger partial charge on any atom is 0.174 e. The zero-order chi connectivity index (χ0) is 26.8. The Morgan fingerprint density at radius 3 is 2.37 bits per heavy atom. The van der Waals surface area contributed by atoms with Crippen molar-refractivity contribution >= 4 is 28.7 Å².